The Morgan fingerprint density at radius 1 is 1.28 bits per heavy atom. The van der Waals surface area contributed by atoms with Crippen molar-refractivity contribution in [3.63, 3.8) is 0 Å². The summed E-state index contributed by atoms with van der Waals surface area (Å²) in [5.41, 5.74) is 4.27. The highest BCUT2D eigenvalue weighted by atomic mass is 16.5. The van der Waals surface area contributed by atoms with Gasteiger partial charge in [0.15, 0.2) is 11.5 Å². The maximum absolute atomic E-state index is 12.0. The van der Waals surface area contributed by atoms with Crippen LogP contribution in [0, 0.1) is 6.92 Å². The Labute approximate surface area is 171 Å². The van der Waals surface area contributed by atoms with Crippen molar-refractivity contribution in [1.82, 2.24) is 9.97 Å². The van der Waals surface area contributed by atoms with Crippen LogP contribution in [0.25, 0.3) is 0 Å². The van der Waals surface area contributed by atoms with Crippen molar-refractivity contribution < 1.29 is 14.6 Å². The van der Waals surface area contributed by atoms with Crippen molar-refractivity contribution in [2.24, 2.45) is 5.10 Å². The molecular formula is C21H30N4O4. The van der Waals surface area contributed by atoms with Crippen LogP contribution in [-0.2, 0) is 6.42 Å². The standard InChI is InChI=1S/C21H30N4O4/c1-4-5-6-7-12-29-18-9-8-16(13-19(18)28-3)14-22-25-21-23-15(2)17(10-11-26)20(27)24-21/h8-9,13-14,26H,4-7,10-12H2,1-3H3,(H2,23,24,25,27)/b22-14-. The molecule has 2 aromatic rings. The number of benzene rings is 1. The van der Waals surface area contributed by atoms with Crippen molar-refractivity contribution in [2.75, 3.05) is 25.7 Å². The van der Waals surface area contributed by atoms with Crippen LogP contribution in [0.1, 0.15) is 49.4 Å². The number of hydrogen-bond donors (Lipinski definition) is 3. The van der Waals surface area contributed by atoms with E-state index in [1.165, 1.54) is 12.8 Å². The molecule has 8 nitrogen and oxygen atoms in total. The molecule has 0 amide bonds. The number of methoxy groups -OCH3 is 1. The van der Waals surface area contributed by atoms with E-state index in [9.17, 15) is 4.79 Å². The quantitative estimate of drug-likeness (QED) is 0.286. The lowest BCUT2D eigenvalue weighted by molar-refractivity contribution is 0.285. The fourth-order valence-electron chi connectivity index (χ4n) is 2.83. The number of aliphatic hydroxyl groups excluding tert-OH is 1. The molecule has 2 rings (SSSR count). The Balaban J connectivity index is 1.99. The molecule has 0 fully saturated rings. The average molecular weight is 402 g/mol. The first-order chi connectivity index (χ1) is 14.1. The van der Waals surface area contributed by atoms with Gasteiger partial charge >= 0.3 is 0 Å². The van der Waals surface area contributed by atoms with Crippen molar-refractivity contribution in [1.29, 1.82) is 0 Å². The topological polar surface area (TPSA) is 109 Å². The molecule has 0 aliphatic heterocycles. The molecule has 0 unspecified atom stereocenters. The maximum Gasteiger partial charge on any atom is 0.255 e. The molecular weight excluding hydrogens is 372 g/mol. The zero-order chi connectivity index (χ0) is 21.1. The number of H-pyrrole nitrogens is 1. The van der Waals surface area contributed by atoms with E-state index >= 15 is 0 Å². The Hall–Kier alpha value is -2.87. The van der Waals surface area contributed by atoms with Crippen molar-refractivity contribution in [3.8, 4) is 11.5 Å². The SMILES string of the molecule is CCCCCCOc1ccc(/C=N\Nc2nc(C)c(CCO)c(=O)[nH]2)cc1OC. The van der Waals surface area contributed by atoms with Crippen LogP contribution >= 0.6 is 0 Å². The van der Waals surface area contributed by atoms with Crippen LogP contribution in [0.2, 0.25) is 0 Å². The summed E-state index contributed by atoms with van der Waals surface area (Å²) < 4.78 is 11.2. The second-order valence-electron chi connectivity index (χ2n) is 6.64. The molecule has 0 aliphatic carbocycles. The fraction of sp³-hybridized carbons (Fsp3) is 0.476. The molecule has 0 atom stereocenters. The summed E-state index contributed by atoms with van der Waals surface area (Å²) in [5.74, 6) is 1.58. The van der Waals surface area contributed by atoms with Gasteiger partial charge in [-0.3, -0.25) is 9.78 Å². The molecule has 8 heteroatoms. The number of aromatic amines is 1. The highest BCUT2D eigenvalue weighted by Crippen LogP contribution is 2.27. The van der Waals surface area contributed by atoms with Gasteiger partial charge in [0.2, 0.25) is 5.95 Å². The molecule has 1 heterocycles. The van der Waals surface area contributed by atoms with Gasteiger partial charge in [-0.1, -0.05) is 26.2 Å². The zero-order valence-electron chi connectivity index (χ0n) is 17.3. The van der Waals surface area contributed by atoms with Gasteiger partial charge < -0.3 is 14.6 Å². The van der Waals surface area contributed by atoms with Crippen molar-refractivity contribution in [3.05, 3.63) is 45.4 Å². The lowest BCUT2D eigenvalue weighted by Gasteiger charge is -2.11. The molecule has 1 aromatic carbocycles. The average Bonchev–Trinajstić information content (AvgIpc) is 2.71. The predicted octanol–water partition coefficient (Wildman–Crippen LogP) is 3.03. The Morgan fingerprint density at radius 3 is 2.79 bits per heavy atom. The van der Waals surface area contributed by atoms with Crippen molar-refractivity contribution in [2.45, 2.75) is 46.0 Å². The molecule has 0 saturated heterocycles. The molecule has 3 N–H and O–H groups in total. The van der Waals surface area contributed by atoms with E-state index in [2.05, 4.69) is 27.4 Å². The minimum atomic E-state index is -0.286. The minimum absolute atomic E-state index is 0.100. The molecule has 0 radical (unpaired) electrons. The van der Waals surface area contributed by atoms with Gasteiger partial charge in [0.25, 0.3) is 5.56 Å². The Bertz CT molecular complexity index is 864. The maximum atomic E-state index is 12.0. The molecule has 0 spiro atoms. The van der Waals surface area contributed by atoms with E-state index in [0.717, 1.165) is 18.4 Å². The number of ether oxygens (including phenoxy) is 2. The van der Waals surface area contributed by atoms with Crippen LogP contribution in [0.15, 0.2) is 28.1 Å². The Kier molecular flexibility index (Phi) is 9.17. The van der Waals surface area contributed by atoms with E-state index in [4.69, 9.17) is 14.6 Å². The van der Waals surface area contributed by atoms with Crippen LogP contribution in [0.3, 0.4) is 0 Å². The number of unbranched alkanes of at least 4 members (excludes halogenated alkanes) is 3. The van der Waals surface area contributed by atoms with Gasteiger partial charge in [-0.05, 0) is 37.1 Å². The number of aryl methyl sites for hydroxylation is 1. The first-order valence-electron chi connectivity index (χ1n) is 9.89. The van der Waals surface area contributed by atoms with Crippen LogP contribution in [0.4, 0.5) is 5.95 Å². The van der Waals surface area contributed by atoms with Crippen LogP contribution in [0.5, 0.6) is 11.5 Å². The summed E-state index contributed by atoms with van der Waals surface area (Å²) in [4.78, 5) is 18.9. The monoisotopic (exact) mass is 402 g/mol. The van der Waals surface area contributed by atoms with Gasteiger partial charge in [0.1, 0.15) is 0 Å². The van der Waals surface area contributed by atoms with Crippen LogP contribution in [-0.4, -0.2) is 41.6 Å². The van der Waals surface area contributed by atoms with E-state index in [1.807, 2.05) is 18.2 Å². The number of hydrazone groups is 1. The predicted molar refractivity (Wildman–Crippen MR) is 114 cm³/mol. The van der Waals surface area contributed by atoms with Crippen LogP contribution < -0.4 is 20.5 Å². The minimum Gasteiger partial charge on any atom is -0.493 e. The van der Waals surface area contributed by atoms with Gasteiger partial charge in [-0.15, -0.1) is 0 Å². The number of nitrogens with zero attached hydrogens (tertiary/aromatic N) is 2. The fourth-order valence-corrected chi connectivity index (χ4v) is 2.83. The number of hydrogen-bond acceptors (Lipinski definition) is 7. The van der Waals surface area contributed by atoms with Gasteiger partial charge in [-0.25, -0.2) is 10.4 Å². The van der Waals surface area contributed by atoms with Gasteiger partial charge in [0.05, 0.1) is 25.6 Å². The van der Waals surface area contributed by atoms with E-state index in [0.29, 0.717) is 29.4 Å². The third-order valence-corrected chi connectivity index (χ3v) is 4.41. The molecule has 29 heavy (non-hydrogen) atoms. The number of aromatic nitrogens is 2. The number of anilines is 1. The Morgan fingerprint density at radius 2 is 2.10 bits per heavy atom. The molecule has 0 saturated carbocycles. The number of rotatable bonds is 12. The molecule has 1 aromatic heterocycles. The summed E-state index contributed by atoms with van der Waals surface area (Å²) >= 11 is 0. The summed E-state index contributed by atoms with van der Waals surface area (Å²) in [6.07, 6.45) is 6.46. The summed E-state index contributed by atoms with van der Waals surface area (Å²) in [6, 6.07) is 5.56. The largest absolute Gasteiger partial charge is 0.493 e. The summed E-state index contributed by atoms with van der Waals surface area (Å²) in [7, 11) is 1.60. The van der Waals surface area contributed by atoms with E-state index in [1.54, 1.807) is 20.2 Å². The molecule has 158 valence electrons. The third kappa shape index (κ3) is 6.90. The zero-order valence-corrected chi connectivity index (χ0v) is 17.3. The lowest BCUT2D eigenvalue weighted by Crippen LogP contribution is -2.19. The normalized spacial score (nSPS) is 11.0. The molecule has 0 bridgehead atoms. The third-order valence-electron chi connectivity index (χ3n) is 4.41. The second kappa shape index (κ2) is 11.9. The second-order valence-corrected chi connectivity index (χ2v) is 6.64. The van der Waals surface area contributed by atoms with Gasteiger partial charge in [0, 0.05) is 18.6 Å². The first kappa shape index (κ1) is 22.4. The highest BCUT2D eigenvalue weighted by molar-refractivity contribution is 5.81. The summed E-state index contributed by atoms with van der Waals surface area (Å²) in [5, 5.41) is 13.1. The van der Waals surface area contributed by atoms with E-state index < -0.39 is 0 Å². The van der Waals surface area contributed by atoms with Crippen molar-refractivity contribution >= 4 is 12.2 Å². The number of nitrogens with one attached hydrogen (secondary N) is 2. The highest BCUT2D eigenvalue weighted by Gasteiger charge is 2.07. The molecule has 0 aliphatic rings. The first-order valence-corrected chi connectivity index (χ1v) is 9.89. The smallest absolute Gasteiger partial charge is 0.255 e. The lowest BCUT2D eigenvalue weighted by atomic mass is 10.2. The van der Waals surface area contributed by atoms with E-state index in [-0.39, 0.29) is 24.5 Å². The van der Waals surface area contributed by atoms with Gasteiger partial charge in [-0.2, -0.15) is 5.10 Å². The summed E-state index contributed by atoms with van der Waals surface area (Å²) in [6.45, 7) is 4.47. The number of aliphatic hydroxyl groups is 1.